The van der Waals surface area contributed by atoms with Gasteiger partial charge in [0.05, 0.1) is 16.5 Å². The van der Waals surface area contributed by atoms with Crippen LogP contribution in [0.1, 0.15) is 35.4 Å². The van der Waals surface area contributed by atoms with E-state index in [2.05, 4.69) is 15.2 Å². The van der Waals surface area contributed by atoms with Gasteiger partial charge in [-0.15, -0.1) is 22.7 Å². The average molecular weight is 414 g/mol. The summed E-state index contributed by atoms with van der Waals surface area (Å²) in [5.41, 5.74) is 0.726. The number of fused-ring (bicyclic) bond motifs is 3. The highest BCUT2D eigenvalue weighted by atomic mass is 32.1. The van der Waals surface area contributed by atoms with Gasteiger partial charge in [-0.2, -0.15) is 0 Å². The minimum Gasteiger partial charge on any atom is -0.346 e. The van der Waals surface area contributed by atoms with E-state index in [0.29, 0.717) is 21.4 Å². The summed E-state index contributed by atoms with van der Waals surface area (Å²) in [6.07, 6.45) is 6.43. The van der Waals surface area contributed by atoms with Crippen molar-refractivity contribution in [2.24, 2.45) is 5.92 Å². The van der Waals surface area contributed by atoms with Crippen LogP contribution in [0.3, 0.4) is 0 Å². The molecule has 3 aromatic rings. The van der Waals surface area contributed by atoms with Crippen LogP contribution in [0.15, 0.2) is 29.8 Å². The van der Waals surface area contributed by atoms with Crippen molar-refractivity contribution >= 4 is 38.7 Å². The molecule has 1 aromatic carbocycles. The van der Waals surface area contributed by atoms with Gasteiger partial charge < -0.3 is 5.32 Å². The van der Waals surface area contributed by atoms with Crippen LogP contribution in [0, 0.1) is 11.7 Å². The molecule has 144 valence electrons. The monoisotopic (exact) mass is 413 g/mol. The molecular formula is C21H20FN3OS2. The number of hydrogen-bond acceptors (Lipinski definition) is 5. The molecule has 2 aromatic heterocycles. The van der Waals surface area contributed by atoms with Crippen molar-refractivity contribution in [3.63, 3.8) is 0 Å². The van der Waals surface area contributed by atoms with E-state index >= 15 is 0 Å². The number of aromatic nitrogens is 1. The van der Waals surface area contributed by atoms with Gasteiger partial charge in [0.15, 0.2) is 0 Å². The standard InChI is InChI=1S/C21H20FN3OS2/c22-14-2-1-13-11-15(28-17(13)16(14)20-23-7-10-27-20)19(26)24-18-12-3-8-25(9-4-12)21(18)5-6-21/h1-2,7,10-12,18H,3-6,8-9H2,(H,24,26). The number of thiazole rings is 1. The Balaban J connectivity index is 1.34. The van der Waals surface area contributed by atoms with Gasteiger partial charge in [0.1, 0.15) is 10.8 Å². The SMILES string of the molecule is O=C(NC1C2CCN(CC2)C12CC2)c1cc2ccc(F)c(-c3nccs3)c2s1. The van der Waals surface area contributed by atoms with E-state index in [1.807, 2.05) is 11.4 Å². The largest absolute Gasteiger partial charge is 0.346 e. The number of hydrogen-bond donors (Lipinski definition) is 1. The molecule has 4 aliphatic rings. The highest BCUT2D eigenvalue weighted by molar-refractivity contribution is 7.22. The highest BCUT2D eigenvalue weighted by Gasteiger charge is 2.60. The van der Waals surface area contributed by atoms with Crippen molar-refractivity contribution in [1.82, 2.24) is 15.2 Å². The number of carbonyl (C=O) groups is 1. The predicted molar refractivity (Wildman–Crippen MR) is 110 cm³/mol. The lowest BCUT2D eigenvalue weighted by atomic mass is 9.77. The summed E-state index contributed by atoms with van der Waals surface area (Å²) < 4.78 is 15.3. The lowest BCUT2D eigenvalue weighted by Crippen LogP contribution is -2.65. The summed E-state index contributed by atoms with van der Waals surface area (Å²) in [5.74, 6) is 0.288. The molecule has 4 fully saturated rings. The fourth-order valence-electron chi connectivity index (χ4n) is 5.27. The van der Waals surface area contributed by atoms with Gasteiger partial charge in [-0.1, -0.05) is 6.07 Å². The number of amides is 1. The molecule has 1 aliphatic carbocycles. The fraction of sp³-hybridized carbons (Fsp3) is 0.429. The first-order valence-corrected chi connectivity index (χ1v) is 11.5. The van der Waals surface area contributed by atoms with Crippen LogP contribution in [-0.2, 0) is 0 Å². The molecule has 3 saturated heterocycles. The van der Waals surface area contributed by atoms with Crippen molar-refractivity contribution in [1.29, 1.82) is 0 Å². The number of benzene rings is 1. The first kappa shape index (κ1) is 17.1. The second-order valence-electron chi connectivity index (χ2n) is 8.17. The molecule has 4 nitrogen and oxygen atoms in total. The van der Waals surface area contributed by atoms with Crippen molar-refractivity contribution in [3.05, 3.63) is 40.5 Å². The fourth-order valence-corrected chi connectivity index (χ4v) is 7.12. The summed E-state index contributed by atoms with van der Waals surface area (Å²) in [6.45, 7) is 2.35. The molecule has 7 rings (SSSR count). The van der Waals surface area contributed by atoms with Crippen molar-refractivity contribution in [2.45, 2.75) is 37.3 Å². The Bertz CT molecular complexity index is 1060. The summed E-state index contributed by atoms with van der Waals surface area (Å²) in [5, 5.41) is 6.78. The van der Waals surface area contributed by atoms with E-state index in [-0.39, 0.29) is 23.3 Å². The molecule has 1 spiro atoms. The maximum absolute atomic E-state index is 14.5. The number of rotatable bonds is 3. The van der Waals surface area contributed by atoms with Crippen LogP contribution >= 0.6 is 22.7 Å². The Morgan fingerprint density at radius 3 is 2.82 bits per heavy atom. The van der Waals surface area contributed by atoms with Gasteiger partial charge in [0.2, 0.25) is 0 Å². The van der Waals surface area contributed by atoms with Gasteiger partial charge in [-0.05, 0) is 62.2 Å². The van der Waals surface area contributed by atoms with Crippen LogP contribution in [0.2, 0.25) is 0 Å². The van der Waals surface area contributed by atoms with Crippen molar-refractivity contribution in [3.8, 4) is 10.6 Å². The quantitative estimate of drug-likeness (QED) is 0.687. The Kier molecular flexibility index (Phi) is 3.71. The van der Waals surface area contributed by atoms with Gasteiger partial charge in [-0.3, -0.25) is 9.69 Å². The third-order valence-electron chi connectivity index (χ3n) is 6.77. The second kappa shape index (κ2) is 6.08. The summed E-state index contributed by atoms with van der Waals surface area (Å²) >= 11 is 2.79. The molecule has 7 heteroatoms. The molecule has 3 aliphatic heterocycles. The second-order valence-corrected chi connectivity index (χ2v) is 10.1. The van der Waals surface area contributed by atoms with Crippen molar-refractivity contribution < 1.29 is 9.18 Å². The third kappa shape index (κ3) is 2.42. The topological polar surface area (TPSA) is 45.2 Å². The lowest BCUT2D eigenvalue weighted by molar-refractivity contribution is -0.00138. The van der Waals surface area contributed by atoms with E-state index in [1.54, 1.807) is 12.3 Å². The Labute approximate surface area is 170 Å². The first-order chi connectivity index (χ1) is 13.7. The minimum absolute atomic E-state index is 0.0169. The van der Waals surface area contributed by atoms with Gasteiger partial charge in [0, 0.05) is 21.8 Å². The molecular weight excluding hydrogens is 393 g/mol. The minimum atomic E-state index is -0.286. The average Bonchev–Trinajstić information content (AvgIpc) is 3.12. The Hall–Kier alpha value is -1.83. The third-order valence-corrected chi connectivity index (χ3v) is 8.73. The zero-order valence-electron chi connectivity index (χ0n) is 15.3. The number of halogens is 1. The first-order valence-electron chi connectivity index (χ1n) is 9.83. The maximum atomic E-state index is 14.5. The number of nitrogens with one attached hydrogen (secondary N) is 1. The van der Waals surface area contributed by atoms with E-state index < -0.39 is 0 Å². The van der Waals surface area contributed by atoms with E-state index in [0.717, 1.165) is 10.1 Å². The molecule has 0 radical (unpaired) electrons. The van der Waals surface area contributed by atoms with Crippen molar-refractivity contribution in [2.75, 3.05) is 13.1 Å². The zero-order chi connectivity index (χ0) is 18.9. The summed E-state index contributed by atoms with van der Waals surface area (Å²) in [7, 11) is 0. The molecule has 28 heavy (non-hydrogen) atoms. The number of thiophene rings is 1. The Morgan fingerprint density at radius 1 is 1.29 bits per heavy atom. The van der Waals surface area contributed by atoms with E-state index in [9.17, 15) is 9.18 Å². The van der Waals surface area contributed by atoms with E-state index in [4.69, 9.17) is 0 Å². The summed E-state index contributed by atoms with van der Waals surface area (Å²) in [4.78, 5) is 20.7. The van der Waals surface area contributed by atoms with Crippen LogP contribution in [-0.4, -0.2) is 40.5 Å². The number of piperidine rings is 3. The number of nitrogens with zero attached hydrogens (tertiary/aromatic N) is 2. The lowest BCUT2D eigenvalue weighted by Gasteiger charge is -2.52. The zero-order valence-corrected chi connectivity index (χ0v) is 16.9. The smallest absolute Gasteiger partial charge is 0.261 e. The normalized spacial score (nSPS) is 27.4. The van der Waals surface area contributed by atoms with Gasteiger partial charge in [-0.25, -0.2) is 9.37 Å². The summed E-state index contributed by atoms with van der Waals surface area (Å²) in [6, 6.07) is 5.38. The van der Waals surface area contributed by atoms with Crippen LogP contribution in [0.5, 0.6) is 0 Å². The molecule has 1 saturated carbocycles. The van der Waals surface area contributed by atoms with Crippen LogP contribution < -0.4 is 5.32 Å². The molecule has 1 unspecified atom stereocenters. The number of carbonyl (C=O) groups excluding carboxylic acids is 1. The maximum Gasteiger partial charge on any atom is 0.261 e. The highest BCUT2D eigenvalue weighted by Crippen LogP contribution is 2.53. The molecule has 1 amide bonds. The molecule has 2 bridgehead atoms. The van der Waals surface area contributed by atoms with Crippen LogP contribution in [0.4, 0.5) is 4.39 Å². The molecule has 1 atom stereocenters. The Morgan fingerprint density at radius 2 is 2.11 bits per heavy atom. The van der Waals surface area contributed by atoms with Gasteiger partial charge in [0.25, 0.3) is 5.91 Å². The van der Waals surface area contributed by atoms with E-state index in [1.165, 1.54) is 67.5 Å². The van der Waals surface area contributed by atoms with Crippen LogP contribution in [0.25, 0.3) is 20.7 Å². The predicted octanol–water partition coefficient (Wildman–Crippen LogP) is 4.52. The molecule has 5 heterocycles. The van der Waals surface area contributed by atoms with Gasteiger partial charge >= 0.3 is 0 Å². The molecule has 1 N–H and O–H groups in total.